The summed E-state index contributed by atoms with van der Waals surface area (Å²) >= 11 is 0. The van der Waals surface area contributed by atoms with Crippen molar-refractivity contribution in [3.63, 3.8) is 0 Å². The van der Waals surface area contributed by atoms with Crippen molar-refractivity contribution in [3.05, 3.63) is 48.3 Å². The summed E-state index contributed by atoms with van der Waals surface area (Å²) in [6.07, 6.45) is 8.98. The van der Waals surface area contributed by atoms with Crippen LogP contribution in [0.4, 0.5) is 0 Å². The van der Waals surface area contributed by atoms with Gasteiger partial charge in [-0.05, 0) is 43.4 Å². The molecule has 3 rings (SSSR count). The first-order valence-electron chi connectivity index (χ1n) is 7.71. The second kappa shape index (κ2) is 6.87. The summed E-state index contributed by atoms with van der Waals surface area (Å²) in [4.78, 5) is 0. The molecule has 4 nitrogen and oxygen atoms in total. The summed E-state index contributed by atoms with van der Waals surface area (Å²) in [7, 11) is 1.82. The summed E-state index contributed by atoms with van der Waals surface area (Å²) in [5.41, 5.74) is 2.44. The van der Waals surface area contributed by atoms with Crippen LogP contribution in [0.5, 0.6) is 0 Å². The number of hydrogen-bond acceptors (Lipinski definition) is 3. The van der Waals surface area contributed by atoms with Crippen molar-refractivity contribution in [1.29, 1.82) is 0 Å². The number of para-hydroxylation sites is 1. The SMILES string of the molecule is COC1CCC(NCc2ccccc2-n2cccn2)CC1. The van der Waals surface area contributed by atoms with Crippen LogP contribution in [0.1, 0.15) is 31.2 Å². The van der Waals surface area contributed by atoms with Gasteiger partial charge in [0.2, 0.25) is 0 Å². The fraction of sp³-hybridized carbons (Fsp3) is 0.471. The minimum Gasteiger partial charge on any atom is -0.381 e. The Morgan fingerprint density at radius 3 is 2.71 bits per heavy atom. The highest BCUT2D eigenvalue weighted by atomic mass is 16.5. The van der Waals surface area contributed by atoms with Crippen LogP contribution < -0.4 is 5.32 Å². The van der Waals surface area contributed by atoms with E-state index >= 15 is 0 Å². The van der Waals surface area contributed by atoms with E-state index in [-0.39, 0.29) is 0 Å². The Morgan fingerprint density at radius 2 is 2.00 bits per heavy atom. The van der Waals surface area contributed by atoms with E-state index in [1.165, 1.54) is 18.4 Å². The fourth-order valence-electron chi connectivity index (χ4n) is 3.05. The largest absolute Gasteiger partial charge is 0.381 e. The summed E-state index contributed by atoms with van der Waals surface area (Å²) in [5, 5.41) is 8.02. The van der Waals surface area contributed by atoms with Gasteiger partial charge in [-0.2, -0.15) is 5.10 Å². The maximum Gasteiger partial charge on any atom is 0.0690 e. The molecule has 1 aliphatic rings. The van der Waals surface area contributed by atoms with Crippen LogP contribution in [0, 0.1) is 0 Å². The summed E-state index contributed by atoms with van der Waals surface area (Å²) < 4.78 is 7.36. The maximum absolute atomic E-state index is 5.43. The van der Waals surface area contributed by atoms with E-state index in [4.69, 9.17) is 4.74 Å². The predicted octanol–water partition coefficient (Wildman–Crippen LogP) is 2.92. The first-order valence-corrected chi connectivity index (χ1v) is 7.71. The molecular weight excluding hydrogens is 262 g/mol. The molecule has 1 N–H and O–H groups in total. The van der Waals surface area contributed by atoms with Gasteiger partial charge >= 0.3 is 0 Å². The Balaban J connectivity index is 1.61. The van der Waals surface area contributed by atoms with Crippen LogP contribution in [0.2, 0.25) is 0 Å². The highest BCUT2D eigenvalue weighted by molar-refractivity contribution is 5.40. The second-order valence-corrected chi connectivity index (χ2v) is 5.67. The zero-order valence-corrected chi connectivity index (χ0v) is 12.5. The first kappa shape index (κ1) is 14.3. The van der Waals surface area contributed by atoms with Crippen LogP contribution in [-0.4, -0.2) is 29.0 Å². The lowest BCUT2D eigenvalue weighted by atomic mass is 9.93. The molecule has 0 atom stereocenters. The molecule has 1 saturated carbocycles. The van der Waals surface area contributed by atoms with Crippen molar-refractivity contribution in [2.45, 2.75) is 44.4 Å². The number of ether oxygens (including phenoxy) is 1. The van der Waals surface area contributed by atoms with Gasteiger partial charge in [-0.3, -0.25) is 0 Å². The highest BCUT2D eigenvalue weighted by Gasteiger charge is 2.20. The number of methoxy groups -OCH3 is 1. The Morgan fingerprint density at radius 1 is 1.19 bits per heavy atom. The molecular formula is C17H23N3O. The van der Waals surface area contributed by atoms with Gasteiger partial charge in [-0.1, -0.05) is 18.2 Å². The molecule has 0 radical (unpaired) electrons. The van der Waals surface area contributed by atoms with Crippen molar-refractivity contribution in [2.24, 2.45) is 0 Å². The molecule has 21 heavy (non-hydrogen) atoms. The standard InChI is InChI=1S/C17H23N3O/c1-21-16-9-7-15(8-10-16)18-13-14-5-2-3-6-17(14)20-12-4-11-19-20/h2-6,11-12,15-16,18H,7-10,13H2,1H3. The summed E-state index contributed by atoms with van der Waals surface area (Å²) in [6, 6.07) is 11.0. The molecule has 0 unspecified atom stereocenters. The van der Waals surface area contributed by atoms with E-state index in [2.05, 4.69) is 34.7 Å². The topological polar surface area (TPSA) is 39.1 Å². The third-order valence-electron chi connectivity index (χ3n) is 4.33. The monoisotopic (exact) mass is 285 g/mol. The van der Waals surface area contributed by atoms with Gasteiger partial charge in [-0.15, -0.1) is 0 Å². The van der Waals surface area contributed by atoms with Gasteiger partial charge in [0.1, 0.15) is 0 Å². The zero-order chi connectivity index (χ0) is 14.5. The van der Waals surface area contributed by atoms with Crippen LogP contribution in [0.25, 0.3) is 5.69 Å². The van der Waals surface area contributed by atoms with Crippen LogP contribution in [0.3, 0.4) is 0 Å². The molecule has 1 heterocycles. The smallest absolute Gasteiger partial charge is 0.0690 e. The van der Waals surface area contributed by atoms with Crippen molar-refractivity contribution in [1.82, 2.24) is 15.1 Å². The number of nitrogens with one attached hydrogen (secondary N) is 1. The van der Waals surface area contributed by atoms with Crippen molar-refractivity contribution >= 4 is 0 Å². The summed E-state index contributed by atoms with van der Waals surface area (Å²) in [6.45, 7) is 0.887. The first-order chi connectivity index (χ1) is 10.4. The van der Waals surface area contributed by atoms with Gasteiger partial charge in [0.05, 0.1) is 11.8 Å². The Bertz CT molecular complexity index is 545. The number of benzene rings is 1. The Kier molecular flexibility index (Phi) is 4.68. The second-order valence-electron chi connectivity index (χ2n) is 5.67. The van der Waals surface area contributed by atoms with E-state index in [0.29, 0.717) is 12.1 Å². The van der Waals surface area contributed by atoms with E-state index in [1.54, 1.807) is 0 Å². The average Bonchev–Trinajstić information content (AvgIpc) is 3.08. The Labute approximate surface area is 126 Å². The number of hydrogen-bond donors (Lipinski definition) is 1. The molecule has 0 bridgehead atoms. The quantitative estimate of drug-likeness (QED) is 0.918. The Hall–Kier alpha value is -1.65. The van der Waals surface area contributed by atoms with Gasteiger partial charge in [0, 0.05) is 32.1 Å². The highest BCUT2D eigenvalue weighted by Crippen LogP contribution is 2.21. The van der Waals surface area contributed by atoms with Crippen molar-refractivity contribution < 1.29 is 4.74 Å². The molecule has 0 aliphatic heterocycles. The van der Waals surface area contributed by atoms with Gasteiger partial charge in [0.25, 0.3) is 0 Å². The lowest BCUT2D eigenvalue weighted by Crippen LogP contribution is -2.34. The average molecular weight is 285 g/mol. The molecule has 1 aromatic carbocycles. The van der Waals surface area contributed by atoms with Crippen molar-refractivity contribution in [3.8, 4) is 5.69 Å². The van der Waals surface area contributed by atoms with Gasteiger partial charge in [0.15, 0.2) is 0 Å². The van der Waals surface area contributed by atoms with Crippen molar-refractivity contribution in [2.75, 3.05) is 7.11 Å². The van der Waals surface area contributed by atoms with E-state index in [1.807, 2.05) is 30.3 Å². The number of rotatable bonds is 5. The minimum atomic E-state index is 0.458. The normalized spacial score (nSPS) is 22.3. The zero-order valence-electron chi connectivity index (χ0n) is 12.5. The molecule has 0 amide bonds. The number of nitrogens with zero attached hydrogens (tertiary/aromatic N) is 2. The molecule has 112 valence electrons. The third kappa shape index (κ3) is 3.52. The molecule has 1 aromatic heterocycles. The lowest BCUT2D eigenvalue weighted by Gasteiger charge is -2.28. The van der Waals surface area contributed by atoms with Crippen LogP contribution in [0.15, 0.2) is 42.7 Å². The lowest BCUT2D eigenvalue weighted by molar-refractivity contribution is 0.0624. The van der Waals surface area contributed by atoms with Gasteiger partial charge < -0.3 is 10.1 Å². The minimum absolute atomic E-state index is 0.458. The van der Waals surface area contributed by atoms with E-state index < -0.39 is 0 Å². The molecule has 4 heteroatoms. The van der Waals surface area contributed by atoms with Crippen LogP contribution in [-0.2, 0) is 11.3 Å². The maximum atomic E-state index is 5.43. The summed E-state index contributed by atoms with van der Waals surface area (Å²) in [5.74, 6) is 0. The van der Waals surface area contributed by atoms with E-state index in [0.717, 1.165) is 25.1 Å². The molecule has 2 aromatic rings. The van der Waals surface area contributed by atoms with Crippen LogP contribution >= 0.6 is 0 Å². The molecule has 1 fully saturated rings. The predicted molar refractivity (Wildman–Crippen MR) is 83.5 cm³/mol. The fourth-order valence-corrected chi connectivity index (χ4v) is 3.05. The molecule has 1 aliphatic carbocycles. The molecule has 0 spiro atoms. The van der Waals surface area contributed by atoms with Gasteiger partial charge in [-0.25, -0.2) is 4.68 Å². The van der Waals surface area contributed by atoms with E-state index in [9.17, 15) is 0 Å². The molecule has 0 saturated heterocycles. The number of aromatic nitrogens is 2. The third-order valence-corrected chi connectivity index (χ3v) is 4.33.